The van der Waals surface area contributed by atoms with Crippen LogP contribution in [0.5, 0.6) is 0 Å². The van der Waals surface area contributed by atoms with Gasteiger partial charge in [0.2, 0.25) is 5.91 Å². The minimum absolute atomic E-state index is 0.194. The van der Waals surface area contributed by atoms with Crippen LogP contribution in [0.25, 0.3) is 0 Å². The van der Waals surface area contributed by atoms with Crippen LogP contribution in [0, 0.1) is 11.6 Å². The number of rotatable bonds is 8. The van der Waals surface area contributed by atoms with Gasteiger partial charge in [0, 0.05) is 25.8 Å². The molecule has 0 atom stereocenters. The van der Waals surface area contributed by atoms with Gasteiger partial charge in [0.25, 0.3) is 5.91 Å². The van der Waals surface area contributed by atoms with Gasteiger partial charge in [-0.25, -0.2) is 8.78 Å². The van der Waals surface area contributed by atoms with E-state index < -0.39 is 23.4 Å². The zero-order chi connectivity index (χ0) is 18.2. The lowest BCUT2D eigenvalue weighted by Crippen LogP contribution is -2.28. The average molecular weight is 353 g/mol. The summed E-state index contributed by atoms with van der Waals surface area (Å²) in [6.45, 7) is 2.33. The lowest BCUT2D eigenvalue weighted by molar-refractivity contribution is -0.120. The van der Waals surface area contributed by atoms with Crippen molar-refractivity contribution in [3.63, 3.8) is 0 Å². The Balaban J connectivity index is 2.02. The fraction of sp³-hybridized carbons (Fsp3) is 0.333. The number of carbonyl (C=O) groups excluding carboxylic acids is 2. The summed E-state index contributed by atoms with van der Waals surface area (Å²) in [4.78, 5) is 23.6. The zero-order valence-electron chi connectivity index (χ0n) is 13.5. The Hall–Kier alpha value is -2.88. The summed E-state index contributed by atoms with van der Waals surface area (Å²) in [7, 11) is 0. The van der Waals surface area contributed by atoms with Crippen LogP contribution in [0.15, 0.2) is 24.8 Å². The van der Waals surface area contributed by atoms with Gasteiger partial charge in [-0.2, -0.15) is 0 Å². The van der Waals surface area contributed by atoms with Crippen molar-refractivity contribution in [3.8, 4) is 0 Å². The second-order valence-corrected chi connectivity index (χ2v) is 4.95. The molecule has 10 heteroatoms. The summed E-state index contributed by atoms with van der Waals surface area (Å²) >= 11 is 0. The summed E-state index contributed by atoms with van der Waals surface area (Å²) in [6, 6.07) is 1.49. The number of amides is 2. The van der Waals surface area contributed by atoms with Gasteiger partial charge < -0.3 is 19.9 Å². The molecule has 1 aromatic carbocycles. The normalized spacial score (nSPS) is 10.5. The highest BCUT2D eigenvalue weighted by Gasteiger charge is 2.17. The Morgan fingerprint density at radius 2 is 1.92 bits per heavy atom. The minimum atomic E-state index is -1.03. The summed E-state index contributed by atoms with van der Waals surface area (Å²) in [5, 5.41) is 12.0. The van der Waals surface area contributed by atoms with E-state index in [0.29, 0.717) is 19.2 Å². The maximum atomic E-state index is 13.9. The van der Waals surface area contributed by atoms with Crippen molar-refractivity contribution in [3.05, 3.63) is 42.0 Å². The number of hydrogen-bond donors (Lipinski definition) is 2. The van der Waals surface area contributed by atoms with E-state index in [9.17, 15) is 18.4 Å². The number of carbonyl (C=O) groups is 2. The molecule has 0 saturated carbocycles. The molecule has 2 aromatic rings. The van der Waals surface area contributed by atoms with Crippen molar-refractivity contribution in [1.82, 2.24) is 20.1 Å². The number of ether oxygens (including phenoxy) is 1. The predicted molar refractivity (Wildman–Crippen MR) is 83.8 cm³/mol. The highest BCUT2D eigenvalue weighted by Crippen LogP contribution is 2.19. The SMILES string of the molecule is CCOCC(=O)Nc1cc(C(=O)NCCn2cnnc2)c(F)cc1F. The molecule has 0 aliphatic rings. The first kappa shape index (κ1) is 18.5. The van der Waals surface area contributed by atoms with Crippen LogP contribution >= 0.6 is 0 Å². The fourth-order valence-electron chi connectivity index (χ4n) is 1.93. The molecule has 0 saturated heterocycles. The fourth-order valence-corrected chi connectivity index (χ4v) is 1.93. The Labute approximate surface area is 142 Å². The monoisotopic (exact) mass is 353 g/mol. The molecule has 0 aliphatic heterocycles. The van der Waals surface area contributed by atoms with Crippen LogP contribution in [-0.2, 0) is 16.1 Å². The molecule has 25 heavy (non-hydrogen) atoms. The Kier molecular flexibility index (Phi) is 6.52. The Morgan fingerprint density at radius 1 is 1.20 bits per heavy atom. The van der Waals surface area contributed by atoms with Crippen LogP contribution in [0.4, 0.5) is 14.5 Å². The first-order valence-corrected chi connectivity index (χ1v) is 7.48. The van der Waals surface area contributed by atoms with Crippen LogP contribution in [0.2, 0.25) is 0 Å². The molecule has 0 spiro atoms. The van der Waals surface area contributed by atoms with Crippen LogP contribution in [0.3, 0.4) is 0 Å². The molecule has 134 valence electrons. The van der Waals surface area contributed by atoms with Gasteiger partial charge in [-0.1, -0.05) is 0 Å². The summed E-state index contributed by atoms with van der Waals surface area (Å²) in [5.74, 6) is -3.34. The van der Waals surface area contributed by atoms with E-state index in [0.717, 1.165) is 6.07 Å². The number of hydrogen-bond acceptors (Lipinski definition) is 5. The standard InChI is InChI=1S/C15H17F2N5O3/c1-2-25-7-14(23)21-13-5-10(11(16)6-12(13)17)15(24)18-3-4-22-8-19-20-9-22/h5-6,8-9H,2-4,7H2,1H3,(H,18,24)(H,21,23). The van der Waals surface area contributed by atoms with Gasteiger partial charge in [-0.3, -0.25) is 9.59 Å². The maximum absolute atomic E-state index is 13.9. The van der Waals surface area contributed by atoms with Crippen molar-refractivity contribution in [2.45, 2.75) is 13.5 Å². The Bertz CT molecular complexity index is 737. The minimum Gasteiger partial charge on any atom is -0.372 e. The molecule has 0 bridgehead atoms. The van der Waals surface area contributed by atoms with E-state index in [-0.39, 0.29) is 24.4 Å². The average Bonchev–Trinajstić information content (AvgIpc) is 3.08. The molecule has 1 heterocycles. The zero-order valence-corrected chi connectivity index (χ0v) is 13.5. The molecule has 0 unspecified atom stereocenters. The number of aromatic nitrogens is 3. The van der Waals surface area contributed by atoms with Crippen LogP contribution < -0.4 is 10.6 Å². The topological polar surface area (TPSA) is 98.1 Å². The molecule has 8 nitrogen and oxygen atoms in total. The third kappa shape index (κ3) is 5.31. The molecule has 0 aliphatic carbocycles. The first-order chi connectivity index (χ1) is 12.0. The van der Waals surface area contributed by atoms with E-state index in [1.54, 1.807) is 11.5 Å². The number of nitrogens with one attached hydrogen (secondary N) is 2. The number of halogens is 2. The second kappa shape index (κ2) is 8.83. The molecular formula is C15H17F2N5O3. The van der Waals surface area contributed by atoms with Gasteiger partial charge in [0.15, 0.2) is 0 Å². The van der Waals surface area contributed by atoms with Crippen molar-refractivity contribution in [2.75, 3.05) is 25.1 Å². The second-order valence-electron chi connectivity index (χ2n) is 4.95. The van der Waals surface area contributed by atoms with Gasteiger partial charge >= 0.3 is 0 Å². The number of anilines is 1. The number of benzene rings is 1. The lowest BCUT2D eigenvalue weighted by atomic mass is 10.1. The van der Waals surface area contributed by atoms with Crippen LogP contribution in [0.1, 0.15) is 17.3 Å². The number of nitrogens with zero attached hydrogens (tertiary/aromatic N) is 3. The van der Waals surface area contributed by atoms with Crippen molar-refractivity contribution >= 4 is 17.5 Å². The molecule has 2 N–H and O–H groups in total. The molecule has 0 radical (unpaired) electrons. The summed E-state index contributed by atoms with van der Waals surface area (Å²) in [6.07, 6.45) is 2.94. The van der Waals surface area contributed by atoms with Gasteiger partial charge in [-0.05, 0) is 13.0 Å². The first-order valence-electron chi connectivity index (χ1n) is 7.48. The predicted octanol–water partition coefficient (Wildman–Crippen LogP) is 0.961. The lowest BCUT2D eigenvalue weighted by Gasteiger charge is -2.10. The molecule has 1 aromatic heterocycles. The molecule has 2 rings (SSSR count). The van der Waals surface area contributed by atoms with E-state index in [2.05, 4.69) is 20.8 Å². The molecule has 0 fully saturated rings. The largest absolute Gasteiger partial charge is 0.372 e. The summed E-state index contributed by atoms with van der Waals surface area (Å²) in [5.41, 5.74) is -0.674. The third-order valence-electron chi connectivity index (χ3n) is 3.13. The van der Waals surface area contributed by atoms with E-state index in [1.807, 2.05) is 0 Å². The third-order valence-corrected chi connectivity index (χ3v) is 3.13. The van der Waals surface area contributed by atoms with Gasteiger partial charge in [-0.15, -0.1) is 10.2 Å². The Morgan fingerprint density at radius 3 is 2.60 bits per heavy atom. The van der Waals surface area contributed by atoms with E-state index >= 15 is 0 Å². The highest BCUT2D eigenvalue weighted by molar-refractivity contribution is 5.97. The van der Waals surface area contributed by atoms with E-state index in [4.69, 9.17) is 4.74 Å². The van der Waals surface area contributed by atoms with Crippen molar-refractivity contribution in [2.24, 2.45) is 0 Å². The molecular weight excluding hydrogens is 336 g/mol. The smallest absolute Gasteiger partial charge is 0.254 e. The van der Waals surface area contributed by atoms with Gasteiger partial charge in [0.05, 0.1) is 11.3 Å². The quantitative estimate of drug-likeness (QED) is 0.737. The molecule has 2 amide bonds. The van der Waals surface area contributed by atoms with Crippen molar-refractivity contribution < 1.29 is 23.1 Å². The highest BCUT2D eigenvalue weighted by atomic mass is 19.1. The maximum Gasteiger partial charge on any atom is 0.254 e. The van der Waals surface area contributed by atoms with Crippen molar-refractivity contribution in [1.29, 1.82) is 0 Å². The summed E-state index contributed by atoms with van der Waals surface area (Å²) < 4.78 is 34.2. The van der Waals surface area contributed by atoms with Gasteiger partial charge in [0.1, 0.15) is 30.9 Å². The van der Waals surface area contributed by atoms with Crippen LogP contribution in [-0.4, -0.2) is 46.3 Å². The van der Waals surface area contributed by atoms with E-state index in [1.165, 1.54) is 12.7 Å².